The number of benzene rings is 1. The third-order valence-corrected chi connectivity index (χ3v) is 4.36. The SMILES string of the molecule is FC1(CNC2CC2/C=C/c2ccccc2)CCNCC1. The molecule has 3 rings (SSSR count). The first-order valence-electron chi connectivity index (χ1n) is 7.61. The average Bonchev–Trinajstić information content (AvgIpc) is 3.24. The van der Waals surface area contributed by atoms with Crippen LogP contribution in [0.15, 0.2) is 36.4 Å². The van der Waals surface area contributed by atoms with E-state index in [1.807, 2.05) is 18.2 Å². The Labute approximate surface area is 120 Å². The lowest BCUT2D eigenvalue weighted by Gasteiger charge is -2.30. The molecule has 1 saturated heterocycles. The molecule has 0 bridgehead atoms. The monoisotopic (exact) mass is 274 g/mol. The zero-order valence-electron chi connectivity index (χ0n) is 11.8. The van der Waals surface area contributed by atoms with Crippen molar-refractivity contribution >= 4 is 6.08 Å². The number of alkyl halides is 1. The molecule has 2 N–H and O–H groups in total. The van der Waals surface area contributed by atoms with Gasteiger partial charge in [0.15, 0.2) is 0 Å². The van der Waals surface area contributed by atoms with Gasteiger partial charge in [-0.25, -0.2) is 4.39 Å². The highest BCUT2D eigenvalue weighted by Crippen LogP contribution is 2.33. The average molecular weight is 274 g/mol. The fourth-order valence-electron chi connectivity index (χ4n) is 2.83. The summed E-state index contributed by atoms with van der Waals surface area (Å²) in [5, 5.41) is 6.61. The van der Waals surface area contributed by atoms with Crippen LogP contribution in [-0.2, 0) is 0 Å². The van der Waals surface area contributed by atoms with Crippen molar-refractivity contribution in [2.24, 2.45) is 5.92 Å². The fraction of sp³-hybridized carbons (Fsp3) is 0.529. The van der Waals surface area contributed by atoms with Gasteiger partial charge in [0.05, 0.1) is 0 Å². The summed E-state index contributed by atoms with van der Waals surface area (Å²) in [4.78, 5) is 0. The molecular weight excluding hydrogens is 251 g/mol. The van der Waals surface area contributed by atoms with Crippen molar-refractivity contribution in [2.75, 3.05) is 19.6 Å². The van der Waals surface area contributed by atoms with Crippen molar-refractivity contribution in [3.8, 4) is 0 Å². The number of rotatable bonds is 5. The van der Waals surface area contributed by atoms with Gasteiger partial charge in [-0.15, -0.1) is 0 Å². The number of hydrogen-bond acceptors (Lipinski definition) is 2. The van der Waals surface area contributed by atoms with Gasteiger partial charge in [0, 0.05) is 12.6 Å². The zero-order valence-corrected chi connectivity index (χ0v) is 11.8. The van der Waals surface area contributed by atoms with Crippen LogP contribution in [-0.4, -0.2) is 31.3 Å². The van der Waals surface area contributed by atoms with Crippen LogP contribution >= 0.6 is 0 Å². The highest BCUT2D eigenvalue weighted by atomic mass is 19.1. The largest absolute Gasteiger partial charge is 0.316 e. The van der Waals surface area contributed by atoms with Gasteiger partial charge in [0.1, 0.15) is 5.67 Å². The van der Waals surface area contributed by atoms with Crippen LogP contribution in [0, 0.1) is 5.92 Å². The van der Waals surface area contributed by atoms with E-state index in [0.717, 1.165) is 19.5 Å². The Morgan fingerprint density at radius 3 is 2.75 bits per heavy atom. The van der Waals surface area contributed by atoms with E-state index in [0.29, 0.717) is 31.3 Å². The second kappa shape index (κ2) is 6.06. The second-order valence-electron chi connectivity index (χ2n) is 6.06. The van der Waals surface area contributed by atoms with Crippen LogP contribution in [0.2, 0.25) is 0 Å². The molecule has 1 aromatic rings. The molecule has 0 aromatic heterocycles. The van der Waals surface area contributed by atoms with E-state index >= 15 is 0 Å². The maximum Gasteiger partial charge on any atom is 0.125 e. The van der Waals surface area contributed by atoms with Gasteiger partial charge in [0.2, 0.25) is 0 Å². The lowest BCUT2D eigenvalue weighted by molar-refractivity contribution is 0.113. The Kier molecular flexibility index (Phi) is 4.18. The molecule has 2 unspecified atom stereocenters. The molecule has 0 spiro atoms. The van der Waals surface area contributed by atoms with Crippen LogP contribution in [0.1, 0.15) is 24.8 Å². The van der Waals surface area contributed by atoms with Gasteiger partial charge in [-0.1, -0.05) is 42.5 Å². The summed E-state index contributed by atoms with van der Waals surface area (Å²) in [6.07, 6.45) is 6.83. The highest BCUT2D eigenvalue weighted by molar-refractivity contribution is 5.49. The summed E-state index contributed by atoms with van der Waals surface area (Å²) < 4.78 is 14.4. The van der Waals surface area contributed by atoms with Gasteiger partial charge in [-0.3, -0.25) is 0 Å². The van der Waals surface area contributed by atoms with Crippen molar-refractivity contribution < 1.29 is 4.39 Å². The fourth-order valence-corrected chi connectivity index (χ4v) is 2.83. The second-order valence-corrected chi connectivity index (χ2v) is 6.06. The van der Waals surface area contributed by atoms with Crippen molar-refractivity contribution in [3.05, 3.63) is 42.0 Å². The molecule has 3 heteroatoms. The summed E-state index contributed by atoms with van der Waals surface area (Å²) in [7, 11) is 0. The Bertz CT molecular complexity index is 451. The van der Waals surface area contributed by atoms with E-state index in [1.165, 1.54) is 5.56 Å². The van der Waals surface area contributed by atoms with E-state index in [4.69, 9.17) is 0 Å². The van der Waals surface area contributed by atoms with Gasteiger partial charge >= 0.3 is 0 Å². The summed E-state index contributed by atoms with van der Waals surface area (Å²) in [6.45, 7) is 2.12. The van der Waals surface area contributed by atoms with Gasteiger partial charge < -0.3 is 10.6 Å². The molecular formula is C17H23FN2. The third kappa shape index (κ3) is 3.68. The number of halogens is 1. The molecule has 1 saturated carbocycles. The maximum absolute atomic E-state index is 14.4. The predicted molar refractivity (Wildman–Crippen MR) is 81.3 cm³/mol. The molecule has 1 aliphatic heterocycles. The molecule has 20 heavy (non-hydrogen) atoms. The van der Waals surface area contributed by atoms with Gasteiger partial charge in [-0.05, 0) is 43.8 Å². The Hall–Kier alpha value is -1.19. The minimum atomic E-state index is -0.998. The first-order chi connectivity index (χ1) is 9.75. The molecule has 0 amide bonds. The highest BCUT2D eigenvalue weighted by Gasteiger charge is 2.38. The number of piperidine rings is 1. The van der Waals surface area contributed by atoms with Crippen LogP contribution in [0.5, 0.6) is 0 Å². The van der Waals surface area contributed by atoms with Crippen molar-refractivity contribution in [2.45, 2.75) is 31.0 Å². The quantitative estimate of drug-likeness (QED) is 0.863. The molecule has 0 radical (unpaired) electrons. The standard InChI is InChI=1S/C17H23FN2/c18-17(8-10-19-11-9-17)13-20-16-12-15(16)7-6-14-4-2-1-3-5-14/h1-7,15-16,19-20H,8-13H2/b7-6+. The summed E-state index contributed by atoms with van der Waals surface area (Å²) >= 11 is 0. The van der Waals surface area contributed by atoms with Crippen molar-refractivity contribution in [1.29, 1.82) is 0 Å². The van der Waals surface area contributed by atoms with Gasteiger partial charge in [-0.2, -0.15) is 0 Å². The molecule has 2 nitrogen and oxygen atoms in total. The molecule has 1 aromatic carbocycles. The van der Waals surface area contributed by atoms with Gasteiger partial charge in [0.25, 0.3) is 0 Å². The third-order valence-electron chi connectivity index (χ3n) is 4.36. The van der Waals surface area contributed by atoms with E-state index in [2.05, 4.69) is 34.9 Å². The maximum atomic E-state index is 14.4. The molecule has 2 atom stereocenters. The number of hydrogen-bond donors (Lipinski definition) is 2. The molecule has 1 heterocycles. The first-order valence-corrected chi connectivity index (χ1v) is 7.61. The Balaban J connectivity index is 1.42. The Morgan fingerprint density at radius 2 is 2.00 bits per heavy atom. The minimum absolute atomic E-state index is 0.470. The minimum Gasteiger partial charge on any atom is -0.316 e. The molecule has 2 aliphatic rings. The molecule has 2 fully saturated rings. The van der Waals surface area contributed by atoms with Crippen molar-refractivity contribution in [3.63, 3.8) is 0 Å². The van der Waals surface area contributed by atoms with Crippen LogP contribution < -0.4 is 10.6 Å². The van der Waals surface area contributed by atoms with Crippen molar-refractivity contribution in [1.82, 2.24) is 10.6 Å². The van der Waals surface area contributed by atoms with Crippen LogP contribution in [0.25, 0.3) is 6.08 Å². The smallest absolute Gasteiger partial charge is 0.125 e. The van der Waals surface area contributed by atoms with E-state index in [9.17, 15) is 4.39 Å². The Morgan fingerprint density at radius 1 is 1.25 bits per heavy atom. The zero-order chi connectivity index (χ0) is 13.8. The summed E-state index contributed by atoms with van der Waals surface area (Å²) in [5.41, 5.74) is 0.236. The lowest BCUT2D eigenvalue weighted by Crippen LogP contribution is -2.46. The number of nitrogens with one attached hydrogen (secondary N) is 2. The van der Waals surface area contributed by atoms with E-state index < -0.39 is 5.67 Å². The lowest BCUT2D eigenvalue weighted by atomic mass is 9.94. The summed E-state index contributed by atoms with van der Waals surface area (Å²) in [5.74, 6) is 0.570. The topological polar surface area (TPSA) is 24.1 Å². The van der Waals surface area contributed by atoms with Crippen LogP contribution in [0.4, 0.5) is 4.39 Å². The summed E-state index contributed by atoms with van der Waals surface area (Å²) in [6, 6.07) is 10.8. The molecule has 108 valence electrons. The predicted octanol–water partition coefficient (Wildman–Crippen LogP) is 2.77. The first kappa shape index (κ1) is 13.8. The normalized spacial score (nSPS) is 28.6. The van der Waals surface area contributed by atoms with E-state index in [-0.39, 0.29) is 0 Å². The molecule has 1 aliphatic carbocycles. The van der Waals surface area contributed by atoms with Crippen LogP contribution in [0.3, 0.4) is 0 Å². The van der Waals surface area contributed by atoms with E-state index in [1.54, 1.807) is 0 Å².